The second-order valence-corrected chi connectivity index (χ2v) is 2.89. The van der Waals surface area contributed by atoms with Crippen molar-refractivity contribution < 1.29 is 8.78 Å². The minimum absolute atomic E-state index is 0.0940. The molecule has 68 valence electrons. The van der Waals surface area contributed by atoms with E-state index in [9.17, 15) is 8.78 Å². The van der Waals surface area contributed by atoms with Gasteiger partial charge in [0.05, 0.1) is 10.0 Å². The first kappa shape index (κ1) is 10.2. The molecule has 0 bridgehead atoms. The number of hydrogen-bond acceptors (Lipinski definition) is 2. The molecule has 1 aromatic rings. The van der Waals surface area contributed by atoms with Gasteiger partial charge >= 0.3 is 0 Å². The summed E-state index contributed by atoms with van der Waals surface area (Å²) in [5, 5.41) is 8.25. The number of nitriles is 1. The molecule has 1 aromatic heterocycles. The molecule has 0 saturated heterocycles. The molecular weight excluding hydrogens is 221 g/mol. The smallest absolute Gasteiger partial charge is 0.234 e. The van der Waals surface area contributed by atoms with Gasteiger partial charge in [0.1, 0.15) is 11.8 Å². The minimum Gasteiger partial charge on any atom is -0.234 e. The van der Waals surface area contributed by atoms with E-state index >= 15 is 0 Å². The predicted octanol–water partition coefficient (Wildman–Crippen LogP) is 3.20. The van der Waals surface area contributed by atoms with Crippen LogP contribution < -0.4 is 0 Å². The highest BCUT2D eigenvalue weighted by Crippen LogP contribution is 2.28. The monoisotopic (exact) mass is 222 g/mol. The highest BCUT2D eigenvalue weighted by molar-refractivity contribution is 6.42. The number of halogens is 4. The van der Waals surface area contributed by atoms with Crippen LogP contribution >= 0.6 is 23.2 Å². The van der Waals surface area contributed by atoms with Gasteiger partial charge in [-0.05, 0) is 6.07 Å². The summed E-state index contributed by atoms with van der Waals surface area (Å²) in [5.74, 6) is 0. The first-order valence-electron chi connectivity index (χ1n) is 3.10. The van der Waals surface area contributed by atoms with E-state index in [4.69, 9.17) is 28.5 Å². The van der Waals surface area contributed by atoms with Crippen molar-refractivity contribution in [1.29, 1.82) is 5.26 Å². The number of nitrogens with zero attached hydrogens (tertiary/aromatic N) is 2. The lowest BCUT2D eigenvalue weighted by atomic mass is 10.3. The quantitative estimate of drug-likeness (QED) is 0.732. The largest absolute Gasteiger partial charge is 0.280 e. The molecule has 0 saturated carbocycles. The lowest BCUT2D eigenvalue weighted by Gasteiger charge is -2.02. The van der Waals surface area contributed by atoms with Crippen LogP contribution in [-0.4, -0.2) is 4.98 Å². The Morgan fingerprint density at radius 3 is 2.54 bits per heavy atom. The Bertz CT molecular complexity index is 373. The first-order chi connectivity index (χ1) is 6.06. The van der Waals surface area contributed by atoms with Crippen LogP contribution in [0, 0.1) is 11.3 Å². The molecule has 0 aromatic carbocycles. The zero-order valence-corrected chi connectivity index (χ0v) is 7.57. The van der Waals surface area contributed by atoms with Crippen molar-refractivity contribution in [3.05, 3.63) is 27.5 Å². The lowest BCUT2D eigenvalue weighted by Crippen LogP contribution is -1.94. The van der Waals surface area contributed by atoms with Crippen molar-refractivity contribution in [2.75, 3.05) is 0 Å². The van der Waals surface area contributed by atoms with Crippen molar-refractivity contribution in [3.8, 4) is 6.07 Å². The molecule has 0 spiro atoms. The molecular formula is C7H2Cl2F2N2. The van der Waals surface area contributed by atoms with Crippen LogP contribution in [0.25, 0.3) is 0 Å². The van der Waals surface area contributed by atoms with E-state index in [1.807, 2.05) is 0 Å². The van der Waals surface area contributed by atoms with E-state index in [1.165, 1.54) is 0 Å². The molecule has 0 aliphatic carbocycles. The van der Waals surface area contributed by atoms with Gasteiger partial charge in [0.15, 0.2) is 5.69 Å². The van der Waals surface area contributed by atoms with Gasteiger partial charge in [-0.1, -0.05) is 23.2 Å². The maximum absolute atomic E-state index is 12.1. The average molecular weight is 223 g/mol. The van der Waals surface area contributed by atoms with Crippen molar-refractivity contribution in [1.82, 2.24) is 4.98 Å². The van der Waals surface area contributed by atoms with Crippen molar-refractivity contribution in [2.45, 2.75) is 6.43 Å². The Morgan fingerprint density at radius 1 is 1.46 bits per heavy atom. The van der Waals surface area contributed by atoms with Crippen LogP contribution in [0.5, 0.6) is 0 Å². The van der Waals surface area contributed by atoms with E-state index < -0.39 is 12.1 Å². The van der Waals surface area contributed by atoms with Crippen molar-refractivity contribution in [2.24, 2.45) is 0 Å². The van der Waals surface area contributed by atoms with E-state index in [1.54, 1.807) is 6.07 Å². The Hall–Kier alpha value is -0.920. The summed E-state index contributed by atoms with van der Waals surface area (Å²) in [7, 11) is 0. The number of aromatic nitrogens is 1. The normalized spacial score (nSPS) is 10.2. The van der Waals surface area contributed by atoms with Gasteiger partial charge in [0, 0.05) is 0 Å². The Morgan fingerprint density at radius 2 is 2.08 bits per heavy atom. The maximum Gasteiger partial charge on any atom is 0.280 e. The van der Waals surface area contributed by atoms with Crippen LogP contribution in [0.4, 0.5) is 8.78 Å². The molecule has 0 aliphatic heterocycles. The van der Waals surface area contributed by atoms with Crippen LogP contribution in [-0.2, 0) is 0 Å². The fourth-order valence-corrected chi connectivity index (χ4v) is 1.04. The zero-order chi connectivity index (χ0) is 10.0. The van der Waals surface area contributed by atoms with Gasteiger partial charge in [0.2, 0.25) is 0 Å². The molecule has 0 unspecified atom stereocenters. The number of pyridine rings is 1. The van der Waals surface area contributed by atoms with E-state index in [0.29, 0.717) is 0 Å². The molecule has 0 radical (unpaired) electrons. The Kier molecular flexibility index (Phi) is 3.02. The third kappa shape index (κ3) is 2.06. The van der Waals surface area contributed by atoms with E-state index in [2.05, 4.69) is 4.98 Å². The van der Waals surface area contributed by atoms with Crippen LogP contribution in [0.3, 0.4) is 0 Å². The van der Waals surface area contributed by atoms with E-state index in [-0.39, 0.29) is 15.7 Å². The average Bonchev–Trinajstić information content (AvgIpc) is 2.09. The summed E-state index contributed by atoms with van der Waals surface area (Å²) in [6, 6.07) is 2.51. The molecule has 0 N–H and O–H groups in total. The van der Waals surface area contributed by atoms with E-state index in [0.717, 1.165) is 6.07 Å². The first-order valence-corrected chi connectivity index (χ1v) is 3.86. The summed E-state index contributed by atoms with van der Waals surface area (Å²) in [6.07, 6.45) is -2.76. The standard InChI is InChI=1S/C7H2Cl2F2N2/c8-3-1-4(7(10)11)13-5(2-12)6(3)9/h1,7H. The summed E-state index contributed by atoms with van der Waals surface area (Å²) < 4.78 is 24.2. The second kappa shape index (κ2) is 3.86. The third-order valence-electron chi connectivity index (χ3n) is 1.26. The fraction of sp³-hybridized carbons (Fsp3) is 0.143. The van der Waals surface area contributed by atoms with Crippen LogP contribution in [0.1, 0.15) is 17.8 Å². The summed E-state index contributed by atoms with van der Waals surface area (Å²) in [4.78, 5) is 3.32. The van der Waals surface area contributed by atoms with Crippen molar-refractivity contribution in [3.63, 3.8) is 0 Å². The van der Waals surface area contributed by atoms with Gasteiger partial charge in [-0.2, -0.15) is 5.26 Å². The Labute approximate surface area is 82.7 Å². The maximum atomic E-state index is 12.1. The molecule has 6 heteroatoms. The number of alkyl halides is 2. The fourth-order valence-electron chi connectivity index (χ4n) is 0.703. The highest BCUT2D eigenvalue weighted by atomic mass is 35.5. The molecule has 13 heavy (non-hydrogen) atoms. The molecule has 1 rings (SSSR count). The molecule has 0 amide bonds. The summed E-state index contributed by atoms with van der Waals surface area (Å²) >= 11 is 11.0. The predicted molar refractivity (Wildman–Crippen MR) is 43.9 cm³/mol. The minimum atomic E-state index is -2.76. The third-order valence-corrected chi connectivity index (χ3v) is 2.04. The van der Waals surface area contributed by atoms with Gasteiger partial charge in [-0.15, -0.1) is 0 Å². The summed E-state index contributed by atoms with van der Waals surface area (Å²) in [6.45, 7) is 0. The van der Waals surface area contributed by atoms with Crippen LogP contribution in [0.2, 0.25) is 10.0 Å². The van der Waals surface area contributed by atoms with Crippen LogP contribution in [0.15, 0.2) is 6.07 Å². The second-order valence-electron chi connectivity index (χ2n) is 2.10. The molecule has 1 heterocycles. The molecule has 0 aliphatic rings. The SMILES string of the molecule is N#Cc1nc(C(F)F)cc(Cl)c1Cl. The molecule has 0 atom stereocenters. The molecule has 0 fully saturated rings. The molecule has 2 nitrogen and oxygen atoms in total. The number of rotatable bonds is 1. The Balaban J connectivity index is 3.32. The van der Waals surface area contributed by atoms with Gasteiger partial charge in [-0.25, -0.2) is 13.8 Å². The zero-order valence-electron chi connectivity index (χ0n) is 6.06. The topological polar surface area (TPSA) is 36.7 Å². The van der Waals surface area contributed by atoms with Gasteiger partial charge in [-0.3, -0.25) is 0 Å². The van der Waals surface area contributed by atoms with Crippen molar-refractivity contribution >= 4 is 23.2 Å². The van der Waals surface area contributed by atoms with Gasteiger partial charge in [0.25, 0.3) is 6.43 Å². The number of hydrogen-bond donors (Lipinski definition) is 0. The summed E-state index contributed by atoms with van der Waals surface area (Å²) in [5.41, 5.74) is -0.838. The highest BCUT2D eigenvalue weighted by Gasteiger charge is 2.14. The lowest BCUT2D eigenvalue weighted by molar-refractivity contribution is 0.146. The van der Waals surface area contributed by atoms with Gasteiger partial charge < -0.3 is 0 Å².